The van der Waals surface area contributed by atoms with Crippen LogP contribution in [0.2, 0.25) is 0 Å². The summed E-state index contributed by atoms with van der Waals surface area (Å²) in [6, 6.07) is 5.52. The third-order valence-corrected chi connectivity index (χ3v) is 7.80. The number of carbonyl (C=O) groups is 3. The van der Waals surface area contributed by atoms with Gasteiger partial charge in [0, 0.05) is 30.8 Å². The molecule has 1 spiro atoms. The van der Waals surface area contributed by atoms with Crippen LogP contribution in [0.3, 0.4) is 0 Å². The van der Waals surface area contributed by atoms with Crippen LogP contribution in [0, 0.1) is 5.92 Å². The number of fused-ring (bicyclic) bond motifs is 2. The Morgan fingerprint density at radius 3 is 2.61 bits per heavy atom. The molecule has 1 aromatic carbocycles. The number of aromatic nitrogens is 2. The van der Waals surface area contributed by atoms with E-state index in [4.69, 9.17) is 4.74 Å². The summed E-state index contributed by atoms with van der Waals surface area (Å²) in [5.74, 6) is -1.49. The van der Waals surface area contributed by atoms with Crippen LogP contribution in [0.1, 0.15) is 61.0 Å². The molecule has 204 valence electrons. The van der Waals surface area contributed by atoms with E-state index in [1.165, 1.54) is 6.07 Å². The number of alkyl halides is 3. The maximum absolute atomic E-state index is 13.5. The minimum absolute atomic E-state index is 0.0814. The molecule has 5 rings (SSSR count). The highest BCUT2D eigenvalue weighted by Gasteiger charge is 2.47. The summed E-state index contributed by atoms with van der Waals surface area (Å²) in [7, 11) is 0. The third-order valence-electron chi connectivity index (χ3n) is 7.80. The van der Waals surface area contributed by atoms with E-state index in [0.717, 1.165) is 31.0 Å². The summed E-state index contributed by atoms with van der Waals surface area (Å²) in [6.45, 7) is -0.413. The number of rotatable bonds is 6. The number of nitrogens with zero attached hydrogens (tertiary/aromatic N) is 2. The van der Waals surface area contributed by atoms with E-state index in [0.29, 0.717) is 55.0 Å². The Balaban J connectivity index is 1.34. The second kappa shape index (κ2) is 10.4. The lowest BCUT2D eigenvalue weighted by Gasteiger charge is -2.31. The molecule has 1 aliphatic carbocycles. The first-order chi connectivity index (χ1) is 18.2. The topological polar surface area (TPSA) is 114 Å². The molecule has 38 heavy (non-hydrogen) atoms. The molecule has 3 N–H and O–H groups in total. The fourth-order valence-corrected chi connectivity index (χ4v) is 5.84. The van der Waals surface area contributed by atoms with E-state index in [1.54, 1.807) is 12.1 Å². The monoisotopic (exact) mass is 533 g/mol. The lowest BCUT2D eigenvalue weighted by molar-refractivity contribution is -0.142. The molecule has 2 fully saturated rings. The van der Waals surface area contributed by atoms with E-state index in [2.05, 4.69) is 21.0 Å². The first-order valence-electron chi connectivity index (χ1n) is 12.9. The lowest BCUT2D eigenvalue weighted by atomic mass is 9.75. The quantitative estimate of drug-likeness (QED) is 0.523. The molecule has 1 saturated heterocycles. The summed E-state index contributed by atoms with van der Waals surface area (Å²) in [6.07, 6.45) is 1.98. The third kappa shape index (κ3) is 5.27. The van der Waals surface area contributed by atoms with Gasteiger partial charge in [0.25, 0.3) is 5.91 Å². The van der Waals surface area contributed by atoms with E-state index >= 15 is 0 Å². The van der Waals surface area contributed by atoms with Gasteiger partial charge in [-0.15, -0.1) is 0 Å². The van der Waals surface area contributed by atoms with E-state index in [-0.39, 0.29) is 17.5 Å². The fraction of sp³-hybridized carbons (Fsp3) is 0.538. The van der Waals surface area contributed by atoms with Crippen LogP contribution < -0.4 is 16.0 Å². The minimum Gasteiger partial charge on any atom is -0.381 e. The van der Waals surface area contributed by atoms with Crippen molar-refractivity contribution >= 4 is 29.1 Å². The average molecular weight is 534 g/mol. The summed E-state index contributed by atoms with van der Waals surface area (Å²) >= 11 is 0. The Morgan fingerprint density at radius 2 is 1.89 bits per heavy atom. The summed E-state index contributed by atoms with van der Waals surface area (Å²) in [5, 5.41) is 12.1. The van der Waals surface area contributed by atoms with Crippen molar-refractivity contribution in [1.29, 1.82) is 0 Å². The number of benzene rings is 1. The molecular weight excluding hydrogens is 503 g/mol. The largest absolute Gasteiger partial charge is 0.408 e. The number of nitrogens with one attached hydrogen (secondary N) is 3. The molecule has 3 aliphatic rings. The van der Waals surface area contributed by atoms with Gasteiger partial charge < -0.3 is 20.7 Å². The van der Waals surface area contributed by atoms with Gasteiger partial charge in [-0.05, 0) is 55.4 Å². The van der Waals surface area contributed by atoms with Crippen LogP contribution in [0.25, 0.3) is 0 Å². The minimum atomic E-state index is -4.55. The molecule has 1 atom stereocenters. The van der Waals surface area contributed by atoms with Crippen molar-refractivity contribution in [3.63, 3.8) is 0 Å². The van der Waals surface area contributed by atoms with Crippen molar-refractivity contribution in [3.05, 3.63) is 41.7 Å². The van der Waals surface area contributed by atoms with Crippen LogP contribution >= 0.6 is 0 Å². The van der Waals surface area contributed by atoms with Crippen LogP contribution in [-0.4, -0.2) is 52.9 Å². The Bertz CT molecular complexity index is 1220. The van der Waals surface area contributed by atoms with Gasteiger partial charge in [-0.2, -0.15) is 18.3 Å². The van der Waals surface area contributed by atoms with Crippen molar-refractivity contribution in [2.75, 3.05) is 23.8 Å². The molecule has 1 aromatic heterocycles. The van der Waals surface area contributed by atoms with Gasteiger partial charge in [0.15, 0.2) is 0 Å². The average Bonchev–Trinajstić information content (AvgIpc) is 3.44. The maximum Gasteiger partial charge on any atom is 0.408 e. The number of hydrogen-bond donors (Lipinski definition) is 3. The zero-order chi connectivity index (χ0) is 26.9. The summed E-state index contributed by atoms with van der Waals surface area (Å²) < 4.78 is 44.8. The molecule has 3 heterocycles. The zero-order valence-corrected chi connectivity index (χ0v) is 20.8. The smallest absolute Gasteiger partial charge is 0.381 e. The number of amides is 3. The Kier molecular flexibility index (Phi) is 7.17. The number of ether oxygens (including phenoxy) is 1. The van der Waals surface area contributed by atoms with Gasteiger partial charge in [-0.3, -0.25) is 19.1 Å². The molecule has 2 aliphatic heterocycles. The molecular formula is C26H30F3N5O4. The van der Waals surface area contributed by atoms with Gasteiger partial charge in [-0.1, -0.05) is 25.3 Å². The van der Waals surface area contributed by atoms with E-state index in [1.807, 2.05) is 6.07 Å². The van der Waals surface area contributed by atoms with Crippen LogP contribution in [0.5, 0.6) is 0 Å². The van der Waals surface area contributed by atoms with Gasteiger partial charge in [-0.25, -0.2) is 0 Å². The van der Waals surface area contributed by atoms with Crippen LogP contribution in [-0.2, 0) is 26.3 Å². The molecule has 0 radical (unpaired) electrons. The lowest BCUT2D eigenvalue weighted by Crippen LogP contribution is -2.49. The van der Waals surface area contributed by atoms with Crippen molar-refractivity contribution in [2.45, 2.75) is 69.1 Å². The Hall–Kier alpha value is -3.41. The van der Waals surface area contributed by atoms with Gasteiger partial charge in [0.05, 0.1) is 5.41 Å². The van der Waals surface area contributed by atoms with Crippen LogP contribution in [0.15, 0.2) is 30.5 Å². The zero-order valence-electron chi connectivity index (χ0n) is 20.8. The Morgan fingerprint density at radius 1 is 1.16 bits per heavy atom. The van der Waals surface area contributed by atoms with Crippen molar-refractivity contribution in [3.8, 4) is 0 Å². The fourth-order valence-electron chi connectivity index (χ4n) is 5.84. The van der Waals surface area contributed by atoms with Crippen LogP contribution in [0.4, 0.5) is 24.5 Å². The number of halogens is 3. The van der Waals surface area contributed by atoms with Crippen molar-refractivity contribution in [1.82, 2.24) is 15.1 Å². The standard InChI is InChI=1S/C26H30F3N5O4/c27-26(28,29)15-34-20(8-11-30-34)22(35)33-21(16-4-2-1-3-5-16)23(36)31-17-6-7-18-19(14-17)32-24(37)25(18)9-12-38-13-10-25/h6-8,11,14,16,21H,1-5,9-10,12-13,15H2,(H,31,36)(H,32,37)(H,33,35)/t21-/m0/s1. The number of anilines is 2. The van der Waals surface area contributed by atoms with Gasteiger partial charge >= 0.3 is 6.18 Å². The molecule has 0 bridgehead atoms. The molecule has 12 heteroatoms. The predicted octanol–water partition coefficient (Wildman–Crippen LogP) is 3.76. The predicted molar refractivity (Wildman–Crippen MR) is 132 cm³/mol. The van der Waals surface area contributed by atoms with Gasteiger partial charge in [0.1, 0.15) is 18.3 Å². The molecule has 0 unspecified atom stereocenters. The van der Waals surface area contributed by atoms with Crippen molar-refractivity contribution in [2.24, 2.45) is 5.92 Å². The van der Waals surface area contributed by atoms with Crippen molar-refractivity contribution < 1.29 is 32.3 Å². The first-order valence-corrected chi connectivity index (χ1v) is 12.9. The molecule has 9 nitrogen and oxygen atoms in total. The van der Waals surface area contributed by atoms with E-state index < -0.39 is 36.0 Å². The molecule has 3 amide bonds. The highest BCUT2D eigenvalue weighted by molar-refractivity contribution is 6.07. The SMILES string of the molecule is O=C(N[C@H](C(=O)Nc1ccc2c(c1)NC(=O)C21CCOCC1)C1CCCCC1)c1ccnn1CC(F)(F)F. The first kappa shape index (κ1) is 26.2. The normalized spacial score (nSPS) is 20.0. The second-order valence-corrected chi connectivity index (χ2v) is 10.2. The number of carbonyl (C=O) groups excluding carboxylic acids is 3. The number of hydrogen-bond acceptors (Lipinski definition) is 5. The highest BCUT2D eigenvalue weighted by atomic mass is 19.4. The second-order valence-electron chi connectivity index (χ2n) is 10.2. The summed E-state index contributed by atoms with van der Waals surface area (Å²) in [4.78, 5) is 39.3. The maximum atomic E-state index is 13.5. The Labute approximate surface area is 217 Å². The highest BCUT2D eigenvalue weighted by Crippen LogP contribution is 2.45. The molecule has 2 aromatic rings. The van der Waals surface area contributed by atoms with E-state index in [9.17, 15) is 27.6 Å². The molecule has 1 saturated carbocycles. The summed E-state index contributed by atoms with van der Waals surface area (Å²) in [5.41, 5.74) is 1.06. The van der Waals surface area contributed by atoms with Gasteiger partial charge in [0.2, 0.25) is 11.8 Å².